The third-order valence-corrected chi connectivity index (χ3v) is 4.37. The highest BCUT2D eigenvalue weighted by Gasteiger charge is 2.19. The zero-order valence-corrected chi connectivity index (χ0v) is 14.2. The van der Waals surface area contributed by atoms with Crippen LogP contribution >= 0.6 is 0 Å². The normalized spacial score (nSPS) is 12.8. The number of likely N-dealkylation sites (N-methyl/N-ethyl adjacent to an activating group) is 2. The second kappa shape index (κ2) is 11.8. The van der Waals surface area contributed by atoms with E-state index < -0.39 is 0 Å². The molecular weight excluding hydrogens is 256 g/mol. The van der Waals surface area contributed by atoms with Gasteiger partial charge in [-0.2, -0.15) is 0 Å². The van der Waals surface area contributed by atoms with E-state index in [1.807, 2.05) is 14.1 Å². The van der Waals surface area contributed by atoms with E-state index in [-0.39, 0.29) is 0 Å². The van der Waals surface area contributed by atoms with Crippen molar-refractivity contribution in [2.24, 2.45) is 0 Å². The van der Waals surface area contributed by atoms with Crippen LogP contribution in [0, 0.1) is 0 Å². The van der Waals surface area contributed by atoms with Crippen molar-refractivity contribution in [1.29, 1.82) is 0 Å². The molecule has 0 heterocycles. The first-order valence-corrected chi connectivity index (χ1v) is 8.73. The lowest BCUT2D eigenvalue weighted by atomic mass is 9.90. The number of benzene rings is 1. The standard InChI is InChI=1S/C19H34N2/c1-4-5-6-7-8-9-13-16-18(19(20-2)21-3)17-14-11-10-12-15-17/h10-12,14-15,18-21H,4-9,13,16H2,1-3H3. The van der Waals surface area contributed by atoms with Crippen LogP contribution in [0.25, 0.3) is 0 Å². The molecule has 0 aliphatic heterocycles. The molecule has 0 spiro atoms. The van der Waals surface area contributed by atoms with Gasteiger partial charge in [-0.15, -0.1) is 0 Å². The topological polar surface area (TPSA) is 24.1 Å². The predicted molar refractivity (Wildman–Crippen MR) is 93.7 cm³/mol. The van der Waals surface area contributed by atoms with Crippen molar-refractivity contribution in [3.8, 4) is 0 Å². The molecule has 0 radical (unpaired) electrons. The van der Waals surface area contributed by atoms with Gasteiger partial charge in [-0.05, 0) is 26.1 Å². The molecule has 0 aromatic heterocycles. The van der Waals surface area contributed by atoms with Crippen molar-refractivity contribution in [3.05, 3.63) is 35.9 Å². The van der Waals surface area contributed by atoms with Crippen molar-refractivity contribution < 1.29 is 0 Å². The lowest BCUT2D eigenvalue weighted by Gasteiger charge is -2.27. The zero-order valence-electron chi connectivity index (χ0n) is 14.2. The molecule has 0 saturated heterocycles. The maximum atomic E-state index is 3.41. The van der Waals surface area contributed by atoms with Gasteiger partial charge in [0.25, 0.3) is 0 Å². The van der Waals surface area contributed by atoms with Crippen LogP contribution in [-0.2, 0) is 0 Å². The van der Waals surface area contributed by atoms with Crippen molar-refractivity contribution in [2.75, 3.05) is 14.1 Å². The molecule has 1 atom stereocenters. The van der Waals surface area contributed by atoms with E-state index in [4.69, 9.17) is 0 Å². The number of hydrogen-bond acceptors (Lipinski definition) is 2. The Morgan fingerprint density at radius 2 is 1.38 bits per heavy atom. The van der Waals surface area contributed by atoms with Crippen LogP contribution in [0.2, 0.25) is 0 Å². The number of rotatable bonds is 12. The van der Waals surface area contributed by atoms with E-state index in [1.165, 1.54) is 56.9 Å². The van der Waals surface area contributed by atoms with Crippen LogP contribution < -0.4 is 10.6 Å². The van der Waals surface area contributed by atoms with E-state index in [1.54, 1.807) is 0 Å². The third-order valence-electron chi connectivity index (χ3n) is 4.37. The molecule has 1 unspecified atom stereocenters. The van der Waals surface area contributed by atoms with Crippen LogP contribution in [0.5, 0.6) is 0 Å². The van der Waals surface area contributed by atoms with Crippen molar-refractivity contribution in [2.45, 2.75) is 70.4 Å². The summed E-state index contributed by atoms with van der Waals surface area (Å²) in [4.78, 5) is 0. The zero-order chi connectivity index (χ0) is 15.3. The molecule has 0 bridgehead atoms. The van der Waals surface area contributed by atoms with Gasteiger partial charge in [-0.3, -0.25) is 0 Å². The fourth-order valence-corrected chi connectivity index (χ4v) is 3.09. The average Bonchev–Trinajstić information content (AvgIpc) is 2.54. The van der Waals surface area contributed by atoms with E-state index in [0.717, 1.165) is 0 Å². The number of nitrogens with one attached hydrogen (secondary N) is 2. The smallest absolute Gasteiger partial charge is 0.0637 e. The highest BCUT2D eigenvalue weighted by Crippen LogP contribution is 2.25. The van der Waals surface area contributed by atoms with Gasteiger partial charge >= 0.3 is 0 Å². The van der Waals surface area contributed by atoms with Crippen LogP contribution in [0.15, 0.2) is 30.3 Å². The Morgan fingerprint density at radius 1 is 0.810 bits per heavy atom. The average molecular weight is 290 g/mol. The molecule has 1 aromatic carbocycles. The maximum Gasteiger partial charge on any atom is 0.0637 e. The fraction of sp³-hybridized carbons (Fsp3) is 0.684. The molecule has 1 aromatic rings. The van der Waals surface area contributed by atoms with Crippen LogP contribution in [-0.4, -0.2) is 20.3 Å². The molecule has 21 heavy (non-hydrogen) atoms. The van der Waals surface area contributed by atoms with Crippen LogP contribution in [0.4, 0.5) is 0 Å². The molecule has 2 heteroatoms. The first-order valence-electron chi connectivity index (χ1n) is 8.73. The predicted octanol–water partition coefficient (Wildman–Crippen LogP) is 4.68. The molecule has 1 rings (SSSR count). The largest absolute Gasteiger partial charge is 0.304 e. The molecule has 0 saturated carbocycles. The summed E-state index contributed by atoms with van der Waals surface area (Å²) in [5, 5.41) is 6.82. The summed E-state index contributed by atoms with van der Waals surface area (Å²) in [6.45, 7) is 2.28. The van der Waals surface area contributed by atoms with E-state index in [2.05, 4.69) is 47.9 Å². The van der Waals surface area contributed by atoms with Crippen LogP contribution in [0.3, 0.4) is 0 Å². The van der Waals surface area contributed by atoms with E-state index >= 15 is 0 Å². The monoisotopic (exact) mass is 290 g/mol. The second-order valence-electron chi connectivity index (χ2n) is 5.98. The highest BCUT2D eigenvalue weighted by atomic mass is 15.1. The molecule has 0 aliphatic rings. The Balaban J connectivity index is 2.40. The molecule has 120 valence electrons. The van der Waals surface area contributed by atoms with Gasteiger partial charge in [-0.1, -0.05) is 82.2 Å². The first-order chi connectivity index (χ1) is 10.3. The summed E-state index contributed by atoms with van der Waals surface area (Å²) in [6.07, 6.45) is 11.2. The quantitative estimate of drug-likeness (QED) is 0.431. The molecule has 2 nitrogen and oxygen atoms in total. The lowest BCUT2D eigenvalue weighted by Crippen LogP contribution is -2.42. The molecule has 0 amide bonds. The summed E-state index contributed by atoms with van der Waals surface area (Å²) in [5.41, 5.74) is 1.44. The first kappa shape index (κ1) is 18.2. The van der Waals surface area contributed by atoms with Gasteiger partial charge in [0.05, 0.1) is 6.17 Å². The summed E-state index contributed by atoms with van der Waals surface area (Å²) in [5.74, 6) is 0.553. The third kappa shape index (κ3) is 7.10. The van der Waals surface area contributed by atoms with Crippen LogP contribution in [0.1, 0.15) is 69.8 Å². The van der Waals surface area contributed by atoms with Gasteiger partial charge in [0.15, 0.2) is 0 Å². The summed E-state index contributed by atoms with van der Waals surface area (Å²) >= 11 is 0. The van der Waals surface area contributed by atoms with E-state index in [0.29, 0.717) is 12.1 Å². The summed E-state index contributed by atoms with van der Waals surface area (Å²) in [7, 11) is 4.09. The molecule has 2 N–H and O–H groups in total. The van der Waals surface area contributed by atoms with Gasteiger partial charge in [-0.25, -0.2) is 0 Å². The van der Waals surface area contributed by atoms with Gasteiger partial charge in [0.1, 0.15) is 0 Å². The molecular formula is C19H34N2. The molecule has 0 aliphatic carbocycles. The highest BCUT2D eigenvalue weighted by molar-refractivity contribution is 5.21. The Morgan fingerprint density at radius 3 is 1.95 bits per heavy atom. The Kier molecular flexibility index (Phi) is 10.2. The van der Waals surface area contributed by atoms with E-state index in [9.17, 15) is 0 Å². The summed E-state index contributed by atoms with van der Waals surface area (Å²) in [6, 6.07) is 10.9. The Labute approximate surface area is 131 Å². The maximum absolute atomic E-state index is 3.41. The van der Waals surface area contributed by atoms with Gasteiger partial charge < -0.3 is 10.6 Å². The number of unbranched alkanes of at least 4 members (excludes halogenated alkanes) is 6. The van der Waals surface area contributed by atoms with Gasteiger partial charge in [0, 0.05) is 5.92 Å². The van der Waals surface area contributed by atoms with Gasteiger partial charge in [0.2, 0.25) is 0 Å². The Bertz CT molecular complexity index is 333. The van der Waals surface area contributed by atoms with Crippen molar-refractivity contribution in [3.63, 3.8) is 0 Å². The van der Waals surface area contributed by atoms with Crippen molar-refractivity contribution >= 4 is 0 Å². The second-order valence-corrected chi connectivity index (χ2v) is 5.98. The van der Waals surface area contributed by atoms with Crippen molar-refractivity contribution in [1.82, 2.24) is 10.6 Å². The SMILES string of the molecule is CCCCCCCCCC(c1ccccc1)C(NC)NC. The fourth-order valence-electron chi connectivity index (χ4n) is 3.09. The summed E-state index contributed by atoms with van der Waals surface area (Å²) < 4.78 is 0. The minimum Gasteiger partial charge on any atom is -0.304 e. The minimum atomic E-state index is 0.354. The minimum absolute atomic E-state index is 0.354. The number of hydrogen-bond donors (Lipinski definition) is 2. The lowest BCUT2D eigenvalue weighted by molar-refractivity contribution is 0.381. The molecule has 0 fully saturated rings. The Hall–Kier alpha value is -0.860.